The van der Waals surface area contributed by atoms with Crippen LogP contribution < -0.4 is 9.47 Å². The lowest BCUT2D eigenvalue weighted by Crippen LogP contribution is -1.96. The zero-order chi connectivity index (χ0) is 9.97. The Morgan fingerprint density at radius 1 is 1.00 bits per heavy atom. The molecule has 5 nitrogen and oxygen atoms in total. The standard InChI is InChI=1S/C10H10N2O2.ClH.H2O/c1-13-9-7-5-3-4-6-8(7)11-10(12-9)14-2;;/h3-6H,1-2H3;1H;1H2. The van der Waals surface area contributed by atoms with E-state index >= 15 is 0 Å². The van der Waals surface area contributed by atoms with Gasteiger partial charge in [0.2, 0.25) is 5.88 Å². The van der Waals surface area contributed by atoms with Gasteiger partial charge in [0.05, 0.1) is 25.1 Å². The second-order valence-corrected chi connectivity index (χ2v) is 2.74. The van der Waals surface area contributed by atoms with E-state index in [0.717, 1.165) is 10.9 Å². The summed E-state index contributed by atoms with van der Waals surface area (Å²) in [7, 11) is 3.11. The van der Waals surface area contributed by atoms with E-state index in [1.54, 1.807) is 7.11 Å². The Kier molecular flexibility index (Phi) is 5.49. The van der Waals surface area contributed by atoms with Crippen molar-refractivity contribution in [3.8, 4) is 11.9 Å². The smallest absolute Gasteiger partial charge is 0.320 e. The topological polar surface area (TPSA) is 75.7 Å². The third-order valence-corrected chi connectivity index (χ3v) is 1.92. The summed E-state index contributed by atoms with van der Waals surface area (Å²) in [6.07, 6.45) is 0. The van der Waals surface area contributed by atoms with Gasteiger partial charge in [0.25, 0.3) is 0 Å². The Morgan fingerprint density at radius 2 is 1.69 bits per heavy atom. The van der Waals surface area contributed by atoms with Crippen molar-refractivity contribution in [2.75, 3.05) is 14.2 Å². The highest BCUT2D eigenvalue weighted by Gasteiger charge is 2.06. The van der Waals surface area contributed by atoms with Gasteiger partial charge in [-0.15, -0.1) is 12.4 Å². The molecule has 6 heteroatoms. The van der Waals surface area contributed by atoms with Crippen molar-refractivity contribution in [1.29, 1.82) is 0 Å². The van der Waals surface area contributed by atoms with Gasteiger partial charge in [-0.05, 0) is 12.1 Å². The Hall–Kier alpha value is -1.59. The minimum absolute atomic E-state index is 0. The fourth-order valence-electron chi connectivity index (χ4n) is 1.27. The van der Waals surface area contributed by atoms with Crippen LogP contribution in [0.4, 0.5) is 0 Å². The Labute approximate surface area is 99.1 Å². The molecule has 16 heavy (non-hydrogen) atoms. The first-order chi connectivity index (χ1) is 6.85. The molecule has 0 fully saturated rings. The monoisotopic (exact) mass is 244 g/mol. The molecule has 0 aliphatic heterocycles. The number of benzene rings is 1. The first-order valence-corrected chi connectivity index (χ1v) is 4.20. The number of aromatic nitrogens is 2. The number of hydrogen-bond donors (Lipinski definition) is 0. The van der Waals surface area contributed by atoms with Crippen molar-refractivity contribution in [2.24, 2.45) is 0 Å². The predicted molar refractivity (Wildman–Crippen MR) is 63.5 cm³/mol. The van der Waals surface area contributed by atoms with E-state index in [2.05, 4.69) is 9.97 Å². The first kappa shape index (κ1) is 14.4. The molecule has 0 aliphatic rings. The van der Waals surface area contributed by atoms with Crippen LogP contribution >= 0.6 is 12.4 Å². The van der Waals surface area contributed by atoms with Gasteiger partial charge in [-0.25, -0.2) is 0 Å². The summed E-state index contributed by atoms with van der Waals surface area (Å²) in [5.41, 5.74) is 0.816. The molecule has 88 valence electrons. The van der Waals surface area contributed by atoms with E-state index in [1.165, 1.54) is 7.11 Å². The molecule has 0 aliphatic carbocycles. The van der Waals surface area contributed by atoms with Crippen LogP contribution in [-0.2, 0) is 0 Å². The summed E-state index contributed by atoms with van der Waals surface area (Å²) >= 11 is 0. The molecule has 0 unspecified atom stereocenters. The van der Waals surface area contributed by atoms with E-state index < -0.39 is 0 Å². The molecule has 0 spiro atoms. The third-order valence-electron chi connectivity index (χ3n) is 1.92. The molecule has 2 rings (SSSR count). The Morgan fingerprint density at radius 3 is 2.31 bits per heavy atom. The largest absolute Gasteiger partial charge is 0.480 e. The van der Waals surface area contributed by atoms with Crippen molar-refractivity contribution in [1.82, 2.24) is 9.97 Å². The highest BCUT2D eigenvalue weighted by atomic mass is 35.5. The third kappa shape index (κ3) is 2.50. The number of hydrogen-bond acceptors (Lipinski definition) is 4. The Bertz CT molecular complexity index is 465. The molecule has 0 radical (unpaired) electrons. The van der Waals surface area contributed by atoms with Crippen LogP contribution in [-0.4, -0.2) is 29.7 Å². The summed E-state index contributed by atoms with van der Waals surface area (Å²) in [6, 6.07) is 7.95. The molecule has 1 heterocycles. The molecule has 2 aromatic rings. The molecule has 0 amide bonds. The summed E-state index contributed by atoms with van der Waals surface area (Å²) in [5, 5.41) is 0.885. The van der Waals surface area contributed by atoms with Crippen LogP contribution in [0.2, 0.25) is 0 Å². The molecular weight excluding hydrogens is 232 g/mol. The quantitative estimate of drug-likeness (QED) is 0.797. The molecule has 0 atom stereocenters. The zero-order valence-corrected chi connectivity index (χ0v) is 9.75. The van der Waals surface area contributed by atoms with Crippen LogP contribution in [0.1, 0.15) is 0 Å². The van der Waals surface area contributed by atoms with E-state index in [-0.39, 0.29) is 17.9 Å². The van der Waals surface area contributed by atoms with E-state index in [0.29, 0.717) is 11.9 Å². The normalized spacial score (nSPS) is 8.88. The number of rotatable bonds is 2. The average Bonchev–Trinajstić information content (AvgIpc) is 2.27. The van der Waals surface area contributed by atoms with Crippen LogP contribution in [0.5, 0.6) is 11.9 Å². The van der Waals surface area contributed by atoms with Gasteiger partial charge < -0.3 is 14.9 Å². The van der Waals surface area contributed by atoms with Gasteiger partial charge in [-0.2, -0.15) is 9.97 Å². The van der Waals surface area contributed by atoms with Gasteiger partial charge >= 0.3 is 6.01 Å². The number of ether oxygens (including phenoxy) is 2. The van der Waals surface area contributed by atoms with Crippen molar-refractivity contribution in [3.63, 3.8) is 0 Å². The number of para-hydroxylation sites is 1. The van der Waals surface area contributed by atoms with Crippen LogP contribution in [0, 0.1) is 0 Å². The van der Waals surface area contributed by atoms with Crippen molar-refractivity contribution < 1.29 is 14.9 Å². The highest BCUT2D eigenvalue weighted by molar-refractivity contribution is 5.85. The fraction of sp³-hybridized carbons (Fsp3) is 0.200. The van der Waals surface area contributed by atoms with Gasteiger partial charge in [-0.3, -0.25) is 0 Å². The highest BCUT2D eigenvalue weighted by Crippen LogP contribution is 2.23. The van der Waals surface area contributed by atoms with E-state index in [4.69, 9.17) is 9.47 Å². The maximum Gasteiger partial charge on any atom is 0.320 e. The van der Waals surface area contributed by atoms with Crippen LogP contribution in [0.3, 0.4) is 0 Å². The van der Waals surface area contributed by atoms with Gasteiger partial charge in [0.15, 0.2) is 0 Å². The maximum absolute atomic E-state index is 5.14. The van der Waals surface area contributed by atoms with Crippen molar-refractivity contribution >= 4 is 23.3 Å². The molecule has 0 saturated heterocycles. The lowest BCUT2D eigenvalue weighted by molar-refractivity contribution is 0.357. The molecule has 0 saturated carbocycles. The number of methoxy groups -OCH3 is 2. The fourth-order valence-corrected chi connectivity index (χ4v) is 1.27. The number of fused-ring (bicyclic) bond motifs is 1. The van der Waals surface area contributed by atoms with Crippen molar-refractivity contribution in [3.05, 3.63) is 24.3 Å². The Balaban J connectivity index is 0.00000112. The van der Waals surface area contributed by atoms with Gasteiger partial charge in [0.1, 0.15) is 0 Å². The number of nitrogens with zero attached hydrogens (tertiary/aromatic N) is 2. The minimum Gasteiger partial charge on any atom is -0.480 e. The molecule has 1 aromatic carbocycles. The van der Waals surface area contributed by atoms with Gasteiger partial charge in [-0.1, -0.05) is 12.1 Å². The minimum atomic E-state index is 0. The second-order valence-electron chi connectivity index (χ2n) is 2.74. The SMILES string of the molecule is COc1nc(OC)c2ccccc2n1.Cl.O. The summed E-state index contributed by atoms with van der Waals surface area (Å²) < 4.78 is 10.1. The van der Waals surface area contributed by atoms with Crippen LogP contribution in [0.25, 0.3) is 10.9 Å². The van der Waals surface area contributed by atoms with E-state index in [9.17, 15) is 0 Å². The van der Waals surface area contributed by atoms with Crippen molar-refractivity contribution in [2.45, 2.75) is 0 Å². The predicted octanol–water partition coefficient (Wildman–Crippen LogP) is 1.24. The maximum atomic E-state index is 5.14. The van der Waals surface area contributed by atoms with E-state index in [1.807, 2.05) is 24.3 Å². The zero-order valence-electron chi connectivity index (χ0n) is 8.93. The molecular formula is C10H13ClN2O3. The molecule has 0 bridgehead atoms. The molecule has 1 aromatic heterocycles. The number of halogens is 1. The molecule has 2 N–H and O–H groups in total. The summed E-state index contributed by atoms with van der Waals surface area (Å²) in [5.74, 6) is 0.535. The van der Waals surface area contributed by atoms with Crippen LogP contribution in [0.15, 0.2) is 24.3 Å². The average molecular weight is 245 g/mol. The second kappa shape index (κ2) is 6.09. The summed E-state index contributed by atoms with van der Waals surface area (Å²) in [6.45, 7) is 0. The lowest BCUT2D eigenvalue weighted by Gasteiger charge is -2.05. The first-order valence-electron chi connectivity index (χ1n) is 4.20. The van der Waals surface area contributed by atoms with Gasteiger partial charge in [0, 0.05) is 0 Å². The lowest BCUT2D eigenvalue weighted by atomic mass is 10.2. The summed E-state index contributed by atoms with van der Waals surface area (Å²) in [4.78, 5) is 8.27.